The van der Waals surface area contributed by atoms with Crippen molar-refractivity contribution >= 4 is 0 Å². The Balaban J connectivity index is 1.19. The van der Waals surface area contributed by atoms with Gasteiger partial charge in [-0.3, -0.25) is 19.4 Å². The molecule has 6 rings (SSSR count). The largest absolute Gasteiger partial charge is 0.502 e. The molecule has 0 spiro atoms. The van der Waals surface area contributed by atoms with Gasteiger partial charge in [0.05, 0.1) is 13.1 Å². The number of pyridine rings is 1. The van der Waals surface area contributed by atoms with Crippen molar-refractivity contribution in [3.8, 4) is 5.75 Å². The van der Waals surface area contributed by atoms with Gasteiger partial charge >= 0.3 is 0 Å². The highest BCUT2D eigenvalue weighted by molar-refractivity contribution is 5.30. The van der Waals surface area contributed by atoms with Crippen LogP contribution in [0.3, 0.4) is 0 Å². The molecule has 0 radical (unpaired) electrons. The molecule has 0 aliphatic carbocycles. The van der Waals surface area contributed by atoms with Crippen LogP contribution in [0.15, 0.2) is 62.5 Å². The zero-order valence-corrected chi connectivity index (χ0v) is 19.2. The van der Waals surface area contributed by atoms with Crippen LogP contribution in [0.4, 0.5) is 0 Å². The average molecular weight is 460 g/mol. The van der Waals surface area contributed by atoms with E-state index in [2.05, 4.69) is 34.1 Å². The molecule has 0 unspecified atom stereocenters. The summed E-state index contributed by atoms with van der Waals surface area (Å²) in [6.07, 6.45) is 2.03. The second-order valence-corrected chi connectivity index (χ2v) is 9.97. The third-order valence-corrected chi connectivity index (χ3v) is 7.56. The van der Waals surface area contributed by atoms with Crippen molar-refractivity contribution in [1.82, 2.24) is 14.4 Å². The van der Waals surface area contributed by atoms with E-state index in [-0.39, 0.29) is 16.7 Å². The van der Waals surface area contributed by atoms with Crippen molar-refractivity contribution in [2.45, 2.75) is 44.9 Å². The van der Waals surface area contributed by atoms with Crippen LogP contribution in [0.2, 0.25) is 0 Å². The van der Waals surface area contributed by atoms with Crippen LogP contribution in [-0.4, -0.2) is 39.1 Å². The lowest BCUT2D eigenvalue weighted by atomic mass is 9.83. The number of benzene rings is 1. The molecule has 34 heavy (non-hydrogen) atoms. The van der Waals surface area contributed by atoms with Crippen molar-refractivity contribution in [2.75, 3.05) is 19.6 Å². The molecule has 0 amide bonds. The van der Waals surface area contributed by atoms with Gasteiger partial charge in [0.15, 0.2) is 5.76 Å². The van der Waals surface area contributed by atoms with Gasteiger partial charge in [0.1, 0.15) is 5.76 Å². The van der Waals surface area contributed by atoms with Crippen LogP contribution in [-0.2, 0) is 32.6 Å². The number of fused-ring (bicyclic) bond motifs is 5. The summed E-state index contributed by atoms with van der Waals surface area (Å²) in [6, 6.07) is 15.4. The van der Waals surface area contributed by atoms with E-state index in [0.717, 1.165) is 51.3 Å². The summed E-state index contributed by atoms with van der Waals surface area (Å²) in [4.78, 5) is 29.4. The predicted octanol–water partition coefficient (Wildman–Crippen LogP) is 2.68. The molecule has 7 heteroatoms. The lowest BCUT2D eigenvalue weighted by molar-refractivity contribution is 0.105. The van der Waals surface area contributed by atoms with E-state index in [4.69, 9.17) is 4.42 Å². The number of hydrogen-bond acceptors (Lipinski definition) is 6. The predicted molar refractivity (Wildman–Crippen MR) is 128 cm³/mol. The van der Waals surface area contributed by atoms with Crippen LogP contribution < -0.4 is 11.0 Å². The molecule has 2 atom stereocenters. The lowest BCUT2D eigenvalue weighted by Gasteiger charge is -2.42. The number of nitrogens with zero attached hydrogens (tertiary/aromatic N) is 3. The van der Waals surface area contributed by atoms with Gasteiger partial charge in [-0.05, 0) is 36.0 Å². The first-order valence-electron chi connectivity index (χ1n) is 12.1. The summed E-state index contributed by atoms with van der Waals surface area (Å²) >= 11 is 0. The number of aromatic hydroxyl groups is 1. The molecule has 2 aromatic heterocycles. The third kappa shape index (κ3) is 3.99. The Kier molecular flexibility index (Phi) is 5.38. The van der Waals surface area contributed by atoms with E-state index in [1.807, 2.05) is 16.7 Å². The van der Waals surface area contributed by atoms with E-state index in [0.29, 0.717) is 36.4 Å². The molecule has 1 aromatic carbocycles. The van der Waals surface area contributed by atoms with E-state index in [9.17, 15) is 14.7 Å². The van der Waals surface area contributed by atoms with Crippen molar-refractivity contribution in [3.05, 3.63) is 97.4 Å². The first-order valence-corrected chi connectivity index (χ1v) is 12.1. The first kappa shape index (κ1) is 21.4. The van der Waals surface area contributed by atoms with Crippen molar-refractivity contribution in [1.29, 1.82) is 0 Å². The van der Waals surface area contributed by atoms with Gasteiger partial charge in [0.2, 0.25) is 11.2 Å². The van der Waals surface area contributed by atoms with E-state index in [1.54, 1.807) is 6.07 Å². The Bertz CT molecular complexity index is 1340. The smallest absolute Gasteiger partial charge is 0.250 e. The van der Waals surface area contributed by atoms with E-state index >= 15 is 0 Å². The molecular weight excluding hydrogens is 430 g/mol. The molecule has 3 aliphatic heterocycles. The molecular formula is C27H29N3O4. The Morgan fingerprint density at radius 2 is 1.79 bits per heavy atom. The highest BCUT2D eigenvalue weighted by atomic mass is 16.4. The SMILES string of the molecule is O=c1cc(CN2C[C@H]3C[C@@H](C2)c2cccc(=O)n2C3)oc(CN2CCc3ccccc3C2)c1O. The molecule has 5 heterocycles. The molecule has 0 saturated carbocycles. The molecule has 1 N–H and O–H groups in total. The van der Waals surface area contributed by atoms with E-state index < -0.39 is 0 Å². The van der Waals surface area contributed by atoms with Gasteiger partial charge in [-0.1, -0.05) is 30.3 Å². The number of hydrogen-bond donors (Lipinski definition) is 1. The van der Waals surface area contributed by atoms with Gasteiger partial charge in [-0.15, -0.1) is 0 Å². The monoisotopic (exact) mass is 459 g/mol. The quantitative estimate of drug-likeness (QED) is 0.646. The average Bonchev–Trinajstić information content (AvgIpc) is 2.83. The fourth-order valence-corrected chi connectivity index (χ4v) is 6.01. The number of aromatic nitrogens is 1. The fraction of sp³-hybridized carbons (Fsp3) is 0.407. The Hall–Kier alpha value is -3.16. The van der Waals surface area contributed by atoms with Crippen LogP contribution >= 0.6 is 0 Å². The second kappa shape index (κ2) is 8.56. The summed E-state index contributed by atoms with van der Waals surface area (Å²) in [6.45, 7) is 4.99. The Morgan fingerprint density at radius 3 is 2.68 bits per heavy atom. The van der Waals surface area contributed by atoms with Crippen LogP contribution in [0.5, 0.6) is 5.75 Å². The summed E-state index contributed by atoms with van der Waals surface area (Å²) < 4.78 is 8.03. The highest BCUT2D eigenvalue weighted by Gasteiger charge is 2.34. The van der Waals surface area contributed by atoms with Crippen molar-refractivity contribution in [2.24, 2.45) is 5.92 Å². The van der Waals surface area contributed by atoms with Gasteiger partial charge < -0.3 is 14.1 Å². The molecule has 3 aliphatic rings. The zero-order chi connectivity index (χ0) is 23.2. The van der Waals surface area contributed by atoms with Crippen LogP contribution in [0.25, 0.3) is 0 Å². The van der Waals surface area contributed by atoms with Gasteiger partial charge in [-0.25, -0.2) is 0 Å². The van der Waals surface area contributed by atoms with Gasteiger partial charge in [0, 0.05) is 56.5 Å². The van der Waals surface area contributed by atoms with Crippen molar-refractivity contribution in [3.63, 3.8) is 0 Å². The Morgan fingerprint density at radius 1 is 0.941 bits per heavy atom. The van der Waals surface area contributed by atoms with Crippen LogP contribution in [0, 0.1) is 5.92 Å². The summed E-state index contributed by atoms with van der Waals surface area (Å²) in [5, 5.41) is 10.4. The number of rotatable bonds is 4. The van der Waals surface area contributed by atoms with E-state index in [1.165, 1.54) is 17.2 Å². The number of likely N-dealkylation sites (tertiary alicyclic amines) is 1. The minimum absolute atomic E-state index is 0.0789. The minimum atomic E-state index is -0.386. The first-order chi connectivity index (χ1) is 16.5. The maximum absolute atomic E-state index is 12.6. The molecule has 176 valence electrons. The summed E-state index contributed by atoms with van der Waals surface area (Å²) in [5.74, 6) is 1.35. The second-order valence-electron chi connectivity index (χ2n) is 9.97. The standard InChI is InChI=1S/C27H29N3O4/c31-24-11-22(16-29-12-18-10-21(15-29)23-6-3-7-26(32)30(23)13-18)34-25(27(24)33)17-28-9-8-19-4-1-2-5-20(19)14-28/h1-7,11,18,21,33H,8-10,12-17H2/t18-,21+/m1/s1. The number of piperidine rings is 1. The fourth-order valence-electron chi connectivity index (χ4n) is 6.01. The zero-order valence-electron chi connectivity index (χ0n) is 19.2. The molecule has 1 fully saturated rings. The molecule has 3 aromatic rings. The molecule has 1 saturated heterocycles. The lowest BCUT2D eigenvalue weighted by Crippen LogP contribution is -2.46. The summed E-state index contributed by atoms with van der Waals surface area (Å²) in [5.41, 5.74) is 3.44. The van der Waals surface area contributed by atoms with Crippen molar-refractivity contribution < 1.29 is 9.52 Å². The summed E-state index contributed by atoms with van der Waals surface area (Å²) in [7, 11) is 0. The van der Waals surface area contributed by atoms with Gasteiger partial charge in [-0.2, -0.15) is 0 Å². The van der Waals surface area contributed by atoms with Gasteiger partial charge in [0.25, 0.3) is 5.56 Å². The third-order valence-electron chi connectivity index (χ3n) is 7.56. The minimum Gasteiger partial charge on any atom is -0.502 e. The normalized spacial score (nSPS) is 22.2. The maximum Gasteiger partial charge on any atom is 0.250 e. The highest BCUT2D eigenvalue weighted by Crippen LogP contribution is 2.35. The molecule has 7 nitrogen and oxygen atoms in total. The maximum atomic E-state index is 12.6. The molecule has 2 bridgehead atoms. The topological polar surface area (TPSA) is 78.9 Å². The Labute approximate surface area is 197 Å². The van der Waals surface area contributed by atoms with Crippen LogP contribution in [0.1, 0.15) is 40.7 Å².